The first-order chi connectivity index (χ1) is 13.5. The van der Waals surface area contributed by atoms with Crippen LogP contribution in [0.5, 0.6) is 0 Å². The number of hydrogen-bond acceptors (Lipinski definition) is 5. The SMILES string of the molecule is CC(C)C[C@H](NC(=O)c1ccc(Cl)cc1)C(=O)OCC(=O)N[C@](C)(C#N)C(C)C. The van der Waals surface area contributed by atoms with E-state index in [1.54, 1.807) is 45.0 Å². The second-order valence-electron chi connectivity index (χ2n) is 7.79. The lowest BCUT2D eigenvalue weighted by Crippen LogP contribution is -2.50. The number of esters is 1. The molecule has 0 unspecified atom stereocenters. The molecule has 0 spiro atoms. The molecule has 0 aliphatic rings. The Balaban J connectivity index is 2.74. The van der Waals surface area contributed by atoms with E-state index >= 15 is 0 Å². The van der Waals surface area contributed by atoms with Crippen LogP contribution in [0.4, 0.5) is 0 Å². The van der Waals surface area contributed by atoms with Gasteiger partial charge in [0.25, 0.3) is 11.8 Å². The smallest absolute Gasteiger partial charge is 0.329 e. The molecule has 158 valence electrons. The van der Waals surface area contributed by atoms with Gasteiger partial charge in [-0.2, -0.15) is 5.26 Å². The molecule has 1 aromatic rings. The molecular weight excluding hydrogens is 394 g/mol. The van der Waals surface area contributed by atoms with Gasteiger partial charge in [-0.3, -0.25) is 9.59 Å². The average molecular weight is 422 g/mol. The lowest BCUT2D eigenvalue weighted by molar-refractivity contribution is -0.151. The van der Waals surface area contributed by atoms with Crippen LogP contribution in [0.3, 0.4) is 0 Å². The highest BCUT2D eigenvalue weighted by Crippen LogP contribution is 2.15. The summed E-state index contributed by atoms with van der Waals surface area (Å²) in [6.07, 6.45) is 0.349. The topological polar surface area (TPSA) is 108 Å². The number of benzene rings is 1. The van der Waals surface area contributed by atoms with Crippen molar-refractivity contribution in [3.8, 4) is 6.07 Å². The molecule has 2 amide bonds. The van der Waals surface area contributed by atoms with Crippen molar-refractivity contribution >= 4 is 29.4 Å². The van der Waals surface area contributed by atoms with Crippen LogP contribution in [0.2, 0.25) is 5.02 Å². The molecule has 1 rings (SSSR count). The number of nitrogens with one attached hydrogen (secondary N) is 2. The van der Waals surface area contributed by atoms with Gasteiger partial charge >= 0.3 is 5.97 Å². The maximum atomic E-state index is 12.5. The summed E-state index contributed by atoms with van der Waals surface area (Å²) in [5.74, 6) is -1.75. The summed E-state index contributed by atoms with van der Waals surface area (Å²) in [4.78, 5) is 37.0. The zero-order valence-electron chi connectivity index (χ0n) is 17.4. The molecule has 0 saturated carbocycles. The summed E-state index contributed by atoms with van der Waals surface area (Å²) in [7, 11) is 0. The highest BCUT2D eigenvalue weighted by molar-refractivity contribution is 6.30. The molecule has 0 aromatic heterocycles. The van der Waals surface area contributed by atoms with E-state index in [1.165, 1.54) is 0 Å². The third-order valence-electron chi connectivity index (χ3n) is 4.53. The first kappa shape index (κ1) is 24.4. The van der Waals surface area contributed by atoms with Crippen LogP contribution in [0.1, 0.15) is 51.4 Å². The maximum Gasteiger partial charge on any atom is 0.329 e. The summed E-state index contributed by atoms with van der Waals surface area (Å²) in [5.41, 5.74) is -0.709. The predicted molar refractivity (Wildman–Crippen MR) is 110 cm³/mol. The van der Waals surface area contributed by atoms with Crippen LogP contribution < -0.4 is 10.6 Å². The molecule has 0 bridgehead atoms. The van der Waals surface area contributed by atoms with Crippen molar-refractivity contribution in [1.29, 1.82) is 5.26 Å². The number of nitrogens with zero attached hydrogens (tertiary/aromatic N) is 1. The summed E-state index contributed by atoms with van der Waals surface area (Å²) in [6.45, 7) is 8.49. The highest BCUT2D eigenvalue weighted by Gasteiger charge is 2.31. The molecule has 2 N–H and O–H groups in total. The van der Waals surface area contributed by atoms with Crippen molar-refractivity contribution in [1.82, 2.24) is 10.6 Å². The van der Waals surface area contributed by atoms with Crippen molar-refractivity contribution < 1.29 is 19.1 Å². The van der Waals surface area contributed by atoms with E-state index < -0.39 is 36.0 Å². The molecule has 1 aromatic carbocycles. The molecule has 2 atom stereocenters. The zero-order chi connectivity index (χ0) is 22.2. The minimum atomic E-state index is -1.07. The van der Waals surface area contributed by atoms with Crippen molar-refractivity contribution in [3.05, 3.63) is 34.9 Å². The van der Waals surface area contributed by atoms with Gasteiger partial charge in [0.1, 0.15) is 11.6 Å². The third-order valence-corrected chi connectivity index (χ3v) is 4.79. The Hall–Kier alpha value is -2.59. The fraction of sp³-hybridized carbons (Fsp3) is 0.524. The van der Waals surface area contributed by atoms with E-state index in [0.717, 1.165) is 0 Å². The number of ether oxygens (including phenoxy) is 1. The number of amides is 2. The Morgan fingerprint density at radius 3 is 2.24 bits per heavy atom. The number of hydrogen-bond donors (Lipinski definition) is 2. The molecule has 0 radical (unpaired) electrons. The van der Waals surface area contributed by atoms with Crippen LogP contribution in [0.25, 0.3) is 0 Å². The van der Waals surface area contributed by atoms with Gasteiger partial charge in [-0.1, -0.05) is 39.3 Å². The fourth-order valence-electron chi connectivity index (χ4n) is 2.39. The van der Waals surface area contributed by atoms with Crippen molar-refractivity contribution in [2.24, 2.45) is 11.8 Å². The van der Waals surface area contributed by atoms with Gasteiger partial charge in [0.05, 0.1) is 6.07 Å². The lowest BCUT2D eigenvalue weighted by atomic mass is 9.90. The Morgan fingerprint density at radius 2 is 1.76 bits per heavy atom. The van der Waals surface area contributed by atoms with Gasteiger partial charge < -0.3 is 15.4 Å². The summed E-state index contributed by atoms with van der Waals surface area (Å²) in [6, 6.07) is 7.42. The van der Waals surface area contributed by atoms with Gasteiger partial charge in [-0.15, -0.1) is 0 Å². The van der Waals surface area contributed by atoms with E-state index in [9.17, 15) is 19.6 Å². The Bertz CT molecular complexity index is 771. The monoisotopic (exact) mass is 421 g/mol. The van der Waals surface area contributed by atoms with Crippen LogP contribution in [0, 0.1) is 23.2 Å². The molecule has 8 heteroatoms. The fourth-order valence-corrected chi connectivity index (χ4v) is 2.52. The summed E-state index contributed by atoms with van der Waals surface area (Å²) >= 11 is 5.82. The van der Waals surface area contributed by atoms with E-state index in [0.29, 0.717) is 17.0 Å². The van der Waals surface area contributed by atoms with E-state index in [-0.39, 0.29) is 11.8 Å². The number of halogens is 1. The van der Waals surface area contributed by atoms with E-state index in [4.69, 9.17) is 16.3 Å². The van der Waals surface area contributed by atoms with Crippen LogP contribution in [-0.2, 0) is 14.3 Å². The number of carbonyl (C=O) groups is 3. The zero-order valence-corrected chi connectivity index (χ0v) is 18.2. The minimum Gasteiger partial charge on any atom is -0.454 e. The first-order valence-corrected chi connectivity index (χ1v) is 9.81. The molecule has 0 aliphatic carbocycles. The normalized spacial score (nSPS) is 13.9. The van der Waals surface area contributed by atoms with Crippen LogP contribution in [-0.4, -0.2) is 36.0 Å². The first-order valence-electron chi connectivity index (χ1n) is 9.43. The van der Waals surface area contributed by atoms with Gasteiger partial charge in [0.2, 0.25) is 0 Å². The minimum absolute atomic E-state index is 0.106. The number of rotatable bonds is 9. The van der Waals surface area contributed by atoms with Gasteiger partial charge in [-0.25, -0.2) is 4.79 Å². The van der Waals surface area contributed by atoms with E-state index in [2.05, 4.69) is 16.7 Å². The van der Waals surface area contributed by atoms with Crippen LogP contribution in [0.15, 0.2) is 24.3 Å². The second-order valence-corrected chi connectivity index (χ2v) is 8.22. The third kappa shape index (κ3) is 7.74. The standard InChI is InChI=1S/C21H28ClN3O4/c1-13(2)10-17(24-19(27)15-6-8-16(22)9-7-15)20(28)29-11-18(26)25-21(5,12-23)14(3)4/h6-9,13-14,17H,10-11H2,1-5H3,(H,24,27)(H,25,26)/t17-,21+/m0/s1. The van der Waals surface area contributed by atoms with Gasteiger partial charge in [-0.05, 0) is 49.4 Å². The lowest BCUT2D eigenvalue weighted by Gasteiger charge is -2.27. The molecule has 0 saturated heterocycles. The highest BCUT2D eigenvalue weighted by atomic mass is 35.5. The molecule has 7 nitrogen and oxygen atoms in total. The predicted octanol–water partition coefficient (Wildman–Crippen LogP) is 3.08. The summed E-state index contributed by atoms with van der Waals surface area (Å²) in [5, 5.41) is 15.0. The van der Waals surface area contributed by atoms with E-state index in [1.807, 2.05) is 13.8 Å². The Labute approximate surface area is 176 Å². The van der Waals surface area contributed by atoms with Crippen molar-refractivity contribution in [2.45, 2.75) is 52.6 Å². The van der Waals surface area contributed by atoms with Gasteiger partial charge in [0, 0.05) is 10.6 Å². The molecule has 0 heterocycles. The average Bonchev–Trinajstić information content (AvgIpc) is 2.65. The number of carbonyl (C=O) groups excluding carboxylic acids is 3. The Morgan fingerprint density at radius 1 is 1.17 bits per heavy atom. The molecule has 0 fully saturated rings. The van der Waals surface area contributed by atoms with Gasteiger partial charge in [0.15, 0.2) is 6.61 Å². The Kier molecular flexibility index (Phi) is 9.12. The largest absolute Gasteiger partial charge is 0.454 e. The second kappa shape index (κ2) is 10.8. The quantitative estimate of drug-likeness (QED) is 0.595. The molecule has 29 heavy (non-hydrogen) atoms. The van der Waals surface area contributed by atoms with Crippen molar-refractivity contribution in [2.75, 3.05) is 6.61 Å². The number of nitriles is 1. The maximum absolute atomic E-state index is 12.5. The molecular formula is C21H28ClN3O4. The molecule has 0 aliphatic heterocycles. The van der Waals surface area contributed by atoms with Crippen molar-refractivity contribution in [3.63, 3.8) is 0 Å². The van der Waals surface area contributed by atoms with Crippen LogP contribution >= 0.6 is 11.6 Å². The summed E-state index contributed by atoms with van der Waals surface area (Å²) < 4.78 is 5.10.